The van der Waals surface area contributed by atoms with Crippen LogP contribution >= 0.6 is 35.3 Å². The average Bonchev–Trinajstić information content (AvgIpc) is 2.77. The summed E-state index contributed by atoms with van der Waals surface area (Å²) in [6.07, 6.45) is 1.60. The predicted molar refractivity (Wildman–Crippen MR) is 82.1 cm³/mol. The largest absolute Gasteiger partial charge is 0.319 e. The highest BCUT2D eigenvalue weighted by Gasteiger charge is 2.16. The molecular weight excluding hydrogens is 339 g/mol. The number of carbonyl (C=O) groups excluding carboxylic acids is 1. The van der Waals surface area contributed by atoms with Crippen molar-refractivity contribution in [2.45, 2.75) is 6.54 Å². The molecule has 10 heteroatoms. The first-order valence-electron chi connectivity index (χ1n) is 5.39. The normalized spacial score (nSPS) is 9.76. The molecule has 1 heterocycles. The zero-order valence-electron chi connectivity index (χ0n) is 10.4. The Bertz CT molecular complexity index is 728. The van der Waals surface area contributed by atoms with E-state index in [-0.39, 0.29) is 40.2 Å². The molecule has 112 valence electrons. The van der Waals surface area contributed by atoms with Crippen molar-refractivity contribution < 1.29 is 9.72 Å². The molecule has 1 amide bonds. The molecule has 2 N–H and O–H groups in total. The highest BCUT2D eigenvalue weighted by Crippen LogP contribution is 2.27. The lowest BCUT2D eigenvalue weighted by molar-refractivity contribution is -0.383. The number of nitrogens with one attached hydrogen (secondary N) is 2. The number of nitro groups is 1. The number of hydrogen-bond donors (Lipinski definition) is 2. The van der Waals surface area contributed by atoms with Crippen LogP contribution in [0.1, 0.15) is 0 Å². The van der Waals surface area contributed by atoms with E-state index < -0.39 is 10.8 Å². The average molecular weight is 349 g/mol. The molecule has 0 spiro atoms. The third-order valence-corrected chi connectivity index (χ3v) is 3.38. The fraction of sp³-hybridized carbons (Fsp3) is 0.0909. The Labute approximate surface area is 134 Å². The Kier molecular flexibility index (Phi) is 5.89. The second kappa shape index (κ2) is 7.21. The molecule has 1 aromatic carbocycles. The van der Waals surface area contributed by atoms with Crippen molar-refractivity contribution in [1.82, 2.24) is 4.57 Å². The first kappa shape index (κ1) is 17.2. The van der Waals surface area contributed by atoms with Crippen LogP contribution in [-0.4, -0.2) is 15.4 Å². The monoisotopic (exact) mass is 348 g/mol. The van der Waals surface area contributed by atoms with Crippen LogP contribution in [-0.2, 0) is 11.3 Å². The number of thiazole rings is 1. The summed E-state index contributed by atoms with van der Waals surface area (Å²) in [5, 5.41) is 22.8. The summed E-state index contributed by atoms with van der Waals surface area (Å²) in [4.78, 5) is 22.3. The van der Waals surface area contributed by atoms with Crippen LogP contribution in [0.25, 0.3) is 0 Å². The van der Waals surface area contributed by atoms with Crippen LogP contribution in [0.5, 0.6) is 0 Å². The summed E-state index contributed by atoms with van der Waals surface area (Å²) >= 11 is 6.88. The van der Waals surface area contributed by atoms with Gasteiger partial charge in [0.1, 0.15) is 12.2 Å². The van der Waals surface area contributed by atoms with E-state index in [1.165, 1.54) is 34.1 Å². The van der Waals surface area contributed by atoms with E-state index in [1.807, 2.05) is 0 Å². The Morgan fingerprint density at radius 3 is 2.81 bits per heavy atom. The number of nitro benzene ring substituents is 1. The van der Waals surface area contributed by atoms with E-state index in [4.69, 9.17) is 17.0 Å². The molecule has 0 unspecified atom stereocenters. The first-order valence-corrected chi connectivity index (χ1v) is 6.65. The minimum atomic E-state index is -0.616. The minimum Gasteiger partial charge on any atom is -0.319 e. The number of halogens is 2. The van der Waals surface area contributed by atoms with Crippen molar-refractivity contribution >= 4 is 52.6 Å². The van der Waals surface area contributed by atoms with E-state index in [1.54, 1.807) is 11.6 Å². The molecule has 0 radical (unpaired) electrons. The van der Waals surface area contributed by atoms with Gasteiger partial charge in [0.2, 0.25) is 5.91 Å². The van der Waals surface area contributed by atoms with Crippen LogP contribution in [0.15, 0.2) is 29.8 Å². The Balaban J connectivity index is 0.00000220. The summed E-state index contributed by atoms with van der Waals surface area (Å²) in [6.45, 7) is -0.0812. The van der Waals surface area contributed by atoms with Crippen molar-refractivity contribution in [2.24, 2.45) is 0 Å². The van der Waals surface area contributed by atoms with Gasteiger partial charge in [-0.3, -0.25) is 20.3 Å². The van der Waals surface area contributed by atoms with Crippen LogP contribution in [0.3, 0.4) is 0 Å². The van der Waals surface area contributed by atoms with Crippen molar-refractivity contribution in [3.63, 3.8) is 0 Å². The molecule has 0 bridgehead atoms. The number of benzene rings is 1. The standard InChI is InChI=1S/C11H9ClN4O3S.ClH/c12-7-1-2-8(9(5-7)16(18)19)14-10(17)6-15-3-4-20-11(15)13;/h1-5,13H,6H2,(H,14,17);1H. The lowest BCUT2D eigenvalue weighted by Crippen LogP contribution is -2.24. The Morgan fingerprint density at radius 1 is 1.52 bits per heavy atom. The van der Waals surface area contributed by atoms with Gasteiger partial charge < -0.3 is 9.88 Å². The molecule has 2 aromatic rings. The molecule has 0 aliphatic rings. The van der Waals surface area contributed by atoms with Gasteiger partial charge in [-0.2, -0.15) is 0 Å². The van der Waals surface area contributed by atoms with Crippen LogP contribution in [0.2, 0.25) is 5.02 Å². The highest BCUT2D eigenvalue weighted by atomic mass is 35.5. The van der Waals surface area contributed by atoms with Gasteiger partial charge in [0.05, 0.1) is 4.92 Å². The van der Waals surface area contributed by atoms with Gasteiger partial charge in [-0.25, -0.2) is 0 Å². The summed E-state index contributed by atoms with van der Waals surface area (Å²) in [7, 11) is 0. The molecule has 0 aliphatic heterocycles. The number of hydrogen-bond acceptors (Lipinski definition) is 5. The smallest absolute Gasteiger partial charge is 0.294 e. The van der Waals surface area contributed by atoms with Crippen LogP contribution in [0, 0.1) is 15.5 Å². The van der Waals surface area contributed by atoms with Gasteiger partial charge in [0.15, 0.2) is 4.80 Å². The topological polar surface area (TPSA) is 101 Å². The van der Waals surface area contributed by atoms with Gasteiger partial charge in [0, 0.05) is 22.7 Å². The SMILES string of the molecule is Cl.N=c1sccn1CC(=O)Nc1ccc(Cl)cc1[N+](=O)[O-]. The second-order valence-electron chi connectivity index (χ2n) is 3.80. The zero-order valence-corrected chi connectivity index (χ0v) is 12.8. The van der Waals surface area contributed by atoms with E-state index in [9.17, 15) is 14.9 Å². The van der Waals surface area contributed by atoms with E-state index in [0.717, 1.165) is 0 Å². The highest BCUT2D eigenvalue weighted by molar-refractivity contribution is 7.06. The van der Waals surface area contributed by atoms with E-state index >= 15 is 0 Å². The van der Waals surface area contributed by atoms with Crippen molar-refractivity contribution in [3.8, 4) is 0 Å². The van der Waals surface area contributed by atoms with E-state index in [2.05, 4.69) is 5.32 Å². The van der Waals surface area contributed by atoms with Crippen molar-refractivity contribution in [3.05, 3.63) is 49.7 Å². The maximum absolute atomic E-state index is 11.8. The van der Waals surface area contributed by atoms with Gasteiger partial charge >= 0.3 is 0 Å². The third kappa shape index (κ3) is 4.28. The molecule has 0 atom stereocenters. The van der Waals surface area contributed by atoms with Crippen LogP contribution in [0.4, 0.5) is 11.4 Å². The summed E-state index contributed by atoms with van der Waals surface area (Å²) in [6, 6.07) is 4.00. The molecule has 2 rings (SSSR count). The van der Waals surface area contributed by atoms with Gasteiger partial charge in [-0.15, -0.1) is 23.7 Å². The number of anilines is 1. The van der Waals surface area contributed by atoms with Gasteiger partial charge in [-0.05, 0) is 12.1 Å². The second-order valence-corrected chi connectivity index (χ2v) is 5.13. The van der Waals surface area contributed by atoms with Gasteiger partial charge in [-0.1, -0.05) is 11.6 Å². The molecule has 1 aromatic heterocycles. The third-order valence-electron chi connectivity index (χ3n) is 2.43. The summed E-state index contributed by atoms with van der Waals surface area (Å²) < 4.78 is 1.43. The molecule has 0 fully saturated rings. The molecule has 21 heavy (non-hydrogen) atoms. The van der Waals surface area contributed by atoms with Crippen molar-refractivity contribution in [1.29, 1.82) is 5.41 Å². The maximum atomic E-state index is 11.8. The molecule has 0 aliphatic carbocycles. The Hall–Kier alpha value is -1.90. The fourth-order valence-corrected chi connectivity index (χ4v) is 2.30. The lowest BCUT2D eigenvalue weighted by atomic mass is 10.2. The molecule has 0 saturated carbocycles. The number of carbonyl (C=O) groups is 1. The quantitative estimate of drug-likeness (QED) is 0.655. The Morgan fingerprint density at radius 2 is 2.24 bits per heavy atom. The maximum Gasteiger partial charge on any atom is 0.294 e. The summed E-state index contributed by atoms with van der Waals surface area (Å²) in [5.41, 5.74) is -0.195. The molecular formula is C11H10Cl2N4O3S. The number of amides is 1. The number of rotatable bonds is 4. The van der Waals surface area contributed by atoms with Crippen molar-refractivity contribution in [2.75, 3.05) is 5.32 Å². The zero-order chi connectivity index (χ0) is 14.7. The van der Waals surface area contributed by atoms with Crippen LogP contribution < -0.4 is 10.1 Å². The number of nitrogens with zero attached hydrogens (tertiary/aromatic N) is 2. The van der Waals surface area contributed by atoms with Gasteiger partial charge in [0.25, 0.3) is 5.69 Å². The first-order chi connectivity index (χ1) is 9.47. The summed E-state index contributed by atoms with van der Waals surface area (Å²) in [5.74, 6) is -0.452. The number of aromatic nitrogens is 1. The molecule has 7 nitrogen and oxygen atoms in total. The lowest BCUT2D eigenvalue weighted by Gasteiger charge is -2.06. The minimum absolute atomic E-state index is 0. The fourth-order valence-electron chi connectivity index (χ4n) is 1.53. The molecule has 0 saturated heterocycles. The predicted octanol–water partition coefficient (Wildman–Crippen LogP) is 2.65. The van der Waals surface area contributed by atoms with E-state index in [0.29, 0.717) is 0 Å².